The van der Waals surface area contributed by atoms with E-state index in [1.165, 1.54) is 16.4 Å². The van der Waals surface area contributed by atoms with Crippen LogP contribution in [-0.2, 0) is 26.0 Å². The third-order valence-corrected chi connectivity index (χ3v) is 8.46. The van der Waals surface area contributed by atoms with Crippen molar-refractivity contribution in [3.05, 3.63) is 54.1 Å². The molecule has 2 aromatic carbocycles. The predicted octanol–water partition coefficient (Wildman–Crippen LogP) is 1.91. The number of benzene rings is 2. The molecular weight excluding hydrogens is 572 g/mol. The Morgan fingerprint density at radius 1 is 1.05 bits per heavy atom. The number of terminal acetylenes is 1. The molecule has 0 fully saturated rings. The normalized spacial score (nSPS) is 14.3. The van der Waals surface area contributed by atoms with E-state index in [1.54, 1.807) is 25.1 Å². The largest absolute Gasteiger partial charge is 0.486 e. The van der Waals surface area contributed by atoms with E-state index in [2.05, 4.69) is 11.3 Å². The van der Waals surface area contributed by atoms with E-state index in [-0.39, 0.29) is 49.7 Å². The second kappa shape index (κ2) is 15.7. The molecule has 234 valence electrons. The molecule has 11 nitrogen and oxygen atoms in total. The van der Waals surface area contributed by atoms with Crippen molar-refractivity contribution in [3.63, 3.8) is 0 Å². The average Bonchev–Trinajstić information content (AvgIpc) is 2.96. The molecule has 0 radical (unpaired) electrons. The summed E-state index contributed by atoms with van der Waals surface area (Å²) in [6.07, 6.45) is 4.23. The van der Waals surface area contributed by atoms with Gasteiger partial charge in [-0.1, -0.05) is 44.2 Å². The first-order valence-electron chi connectivity index (χ1n) is 14.2. The smallest absolute Gasteiger partial charge is 0.252 e. The lowest BCUT2D eigenvalue weighted by molar-refractivity contribution is -0.148. The fourth-order valence-electron chi connectivity index (χ4n) is 4.68. The van der Waals surface area contributed by atoms with Gasteiger partial charge in [-0.2, -0.15) is 4.31 Å². The maximum Gasteiger partial charge on any atom is 0.252 e. The Kier molecular flexibility index (Phi) is 12.4. The number of sulfonamides is 1. The lowest BCUT2D eigenvalue weighted by atomic mass is 9.99. The van der Waals surface area contributed by atoms with Crippen molar-refractivity contribution in [2.45, 2.75) is 50.2 Å². The Balaban J connectivity index is 2.00. The van der Waals surface area contributed by atoms with Gasteiger partial charge in [-0.3, -0.25) is 15.0 Å². The van der Waals surface area contributed by atoms with Gasteiger partial charge in [0.2, 0.25) is 15.9 Å². The molecule has 2 amide bonds. The molecule has 43 heavy (non-hydrogen) atoms. The van der Waals surface area contributed by atoms with Gasteiger partial charge in [0.05, 0.1) is 23.6 Å². The van der Waals surface area contributed by atoms with E-state index in [4.69, 9.17) is 15.9 Å². The molecule has 2 N–H and O–H groups in total. The maximum absolute atomic E-state index is 14.0. The Bertz CT molecular complexity index is 1380. The van der Waals surface area contributed by atoms with E-state index >= 15 is 0 Å². The first-order chi connectivity index (χ1) is 20.4. The Morgan fingerprint density at radius 2 is 1.72 bits per heavy atom. The van der Waals surface area contributed by atoms with Gasteiger partial charge < -0.3 is 19.5 Å². The Labute approximate surface area is 254 Å². The zero-order valence-electron chi connectivity index (χ0n) is 25.2. The van der Waals surface area contributed by atoms with Crippen LogP contribution >= 0.6 is 0 Å². The second-order valence-corrected chi connectivity index (χ2v) is 13.0. The molecule has 1 aliphatic rings. The number of rotatable bonds is 14. The van der Waals surface area contributed by atoms with Crippen molar-refractivity contribution in [2.75, 3.05) is 46.9 Å². The molecule has 0 saturated carbocycles. The number of hydrazine groups is 1. The summed E-state index contributed by atoms with van der Waals surface area (Å²) in [6, 6.07) is 12.6. The number of ether oxygens (including phenoxy) is 2. The topological polar surface area (TPSA) is 129 Å². The number of fused-ring (bicyclic) bond motifs is 1. The third-order valence-electron chi connectivity index (χ3n) is 6.63. The first kappa shape index (κ1) is 33.9. The summed E-state index contributed by atoms with van der Waals surface area (Å²) in [5.74, 6) is 2.18. The highest BCUT2D eigenvalue weighted by Crippen LogP contribution is 2.33. The SMILES string of the molecule is C#CCCC(=O)N(NC(=O)CN(C)C)C(Cc1ccccc1)[C@H](O)CN(CC(C)C)S(=O)(=O)c1ccc2c(c1)OCCO2. The Hall–Kier alpha value is -3.63. The van der Waals surface area contributed by atoms with Crippen LogP contribution in [0.3, 0.4) is 0 Å². The van der Waals surface area contributed by atoms with Gasteiger partial charge in [-0.25, -0.2) is 13.4 Å². The Morgan fingerprint density at radius 3 is 2.35 bits per heavy atom. The number of aliphatic hydroxyl groups is 1. The predicted molar refractivity (Wildman–Crippen MR) is 163 cm³/mol. The van der Waals surface area contributed by atoms with E-state index < -0.39 is 34.0 Å². The zero-order chi connectivity index (χ0) is 31.6. The molecule has 0 spiro atoms. The molecule has 1 unspecified atom stereocenters. The number of nitrogens with zero attached hydrogens (tertiary/aromatic N) is 3. The zero-order valence-corrected chi connectivity index (χ0v) is 26.0. The number of hydrogen-bond acceptors (Lipinski definition) is 8. The van der Waals surface area contributed by atoms with Crippen LogP contribution in [0.4, 0.5) is 0 Å². The summed E-state index contributed by atoms with van der Waals surface area (Å²) >= 11 is 0. The molecule has 0 saturated heterocycles. The van der Waals surface area contributed by atoms with Crippen molar-refractivity contribution in [3.8, 4) is 23.8 Å². The number of nitrogens with one attached hydrogen (secondary N) is 1. The summed E-state index contributed by atoms with van der Waals surface area (Å²) in [6.45, 7) is 4.17. The summed E-state index contributed by atoms with van der Waals surface area (Å²) in [5.41, 5.74) is 3.44. The molecule has 0 aliphatic carbocycles. The summed E-state index contributed by atoms with van der Waals surface area (Å²) in [5, 5.41) is 12.9. The van der Waals surface area contributed by atoms with Gasteiger partial charge >= 0.3 is 0 Å². The van der Waals surface area contributed by atoms with Crippen molar-refractivity contribution >= 4 is 21.8 Å². The van der Waals surface area contributed by atoms with E-state index in [1.807, 2.05) is 44.2 Å². The highest BCUT2D eigenvalue weighted by Gasteiger charge is 2.36. The summed E-state index contributed by atoms with van der Waals surface area (Å²) < 4.78 is 40.3. The minimum atomic E-state index is -4.12. The third kappa shape index (κ3) is 9.69. The van der Waals surface area contributed by atoms with Gasteiger partial charge in [0.25, 0.3) is 5.91 Å². The molecule has 1 aliphatic heterocycles. The number of carbonyl (C=O) groups is 2. The minimum absolute atomic E-state index is 0.00884. The van der Waals surface area contributed by atoms with Crippen LogP contribution in [0, 0.1) is 18.3 Å². The molecule has 2 atom stereocenters. The van der Waals surface area contributed by atoms with Crippen LogP contribution in [-0.4, -0.2) is 98.6 Å². The van der Waals surface area contributed by atoms with E-state index in [9.17, 15) is 23.1 Å². The van der Waals surface area contributed by atoms with Crippen LogP contribution in [0.1, 0.15) is 32.3 Å². The van der Waals surface area contributed by atoms with Crippen LogP contribution in [0.25, 0.3) is 0 Å². The number of aliphatic hydroxyl groups excluding tert-OH is 1. The van der Waals surface area contributed by atoms with Crippen LogP contribution < -0.4 is 14.9 Å². The molecule has 1 heterocycles. The molecule has 12 heteroatoms. The van der Waals surface area contributed by atoms with Gasteiger partial charge in [-0.05, 0) is 44.1 Å². The molecule has 3 rings (SSSR count). The average molecular weight is 615 g/mol. The fourth-order valence-corrected chi connectivity index (χ4v) is 6.32. The van der Waals surface area contributed by atoms with Crippen molar-refractivity contribution in [1.29, 1.82) is 0 Å². The fraction of sp³-hybridized carbons (Fsp3) is 0.484. The molecule has 0 aromatic heterocycles. The highest BCUT2D eigenvalue weighted by molar-refractivity contribution is 7.89. The van der Waals surface area contributed by atoms with Crippen molar-refractivity contribution in [2.24, 2.45) is 5.92 Å². The van der Waals surface area contributed by atoms with Gasteiger partial charge in [0.15, 0.2) is 11.5 Å². The number of likely N-dealkylation sites (N-methyl/N-ethyl adjacent to an activating group) is 1. The lowest BCUT2D eigenvalue weighted by Gasteiger charge is -2.37. The molecular formula is C31H42N4O7S. The quantitative estimate of drug-likeness (QED) is 0.244. The monoisotopic (exact) mass is 614 g/mol. The highest BCUT2D eigenvalue weighted by atomic mass is 32.2. The van der Waals surface area contributed by atoms with E-state index in [0.717, 1.165) is 10.6 Å². The summed E-state index contributed by atoms with van der Waals surface area (Å²) in [7, 11) is -0.686. The van der Waals surface area contributed by atoms with Gasteiger partial charge in [-0.15, -0.1) is 12.3 Å². The standard InChI is InChI=1S/C31H42N4O7S/c1-6-7-13-31(38)35(32-30(37)22-33(4)5)26(18-24-11-9-8-10-12-24)27(36)21-34(20-23(2)3)43(39,40)25-14-15-28-29(19-25)42-17-16-41-28/h1,8-12,14-15,19,23,26-27,36H,7,13,16-18,20-22H2,2-5H3,(H,32,37)/t26?,27-/m1/s1. The van der Waals surface area contributed by atoms with Crippen LogP contribution in [0.5, 0.6) is 11.5 Å². The second-order valence-electron chi connectivity index (χ2n) is 11.1. The number of carbonyl (C=O) groups excluding carboxylic acids is 2. The maximum atomic E-state index is 14.0. The minimum Gasteiger partial charge on any atom is -0.486 e. The number of hydrogen-bond donors (Lipinski definition) is 2. The lowest BCUT2D eigenvalue weighted by Crippen LogP contribution is -2.60. The first-order valence-corrected chi connectivity index (χ1v) is 15.7. The van der Waals surface area contributed by atoms with Crippen molar-refractivity contribution in [1.82, 2.24) is 19.6 Å². The van der Waals surface area contributed by atoms with Crippen LogP contribution in [0.15, 0.2) is 53.4 Å². The summed E-state index contributed by atoms with van der Waals surface area (Å²) in [4.78, 5) is 27.9. The van der Waals surface area contributed by atoms with Crippen molar-refractivity contribution < 1.29 is 32.6 Å². The van der Waals surface area contributed by atoms with Crippen LogP contribution in [0.2, 0.25) is 0 Å². The van der Waals surface area contributed by atoms with Gasteiger partial charge in [0.1, 0.15) is 13.2 Å². The molecule has 0 bridgehead atoms. The van der Waals surface area contributed by atoms with E-state index in [0.29, 0.717) is 24.7 Å². The molecule has 2 aromatic rings. The van der Waals surface area contributed by atoms with Gasteiger partial charge in [0, 0.05) is 32.0 Å². The number of amides is 2.